The molecule has 0 amide bonds. The number of nitrogens with zero attached hydrogens (tertiary/aromatic N) is 6. The highest BCUT2D eigenvalue weighted by Gasteiger charge is 2.05. The molecule has 0 aliphatic heterocycles. The maximum Gasteiger partial charge on any atom is 0.228 e. The van der Waals surface area contributed by atoms with Gasteiger partial charge in [-0.05, 0) is 18.0 Å². The van der Waals surface area contributed by atoms with Crippen LogP contribution < -0.4 is 10.6 Å². The number of aryl methyl sites for hydroxylation is 1. The Bertz CT molecular complexity index is 555. The Balaban J connectivity index is 1.91. The minimum Gasteiger partial charge on any atom is -0.354 e. The summed E-state index contributed by atoms with van der Waals surface area (Å²) in [4.78, 5) is 12.3. The smallest absolute Gasteiger partial charge is 0.228 e. The number of anilines is 2. The van der Waals surface area contributed by atoms with E-state index < -0.39 is 0 Å². The van der Waals surface area contributed by atoms with E-state index in [-0.39, 0.29) is 5.28 Å². The van der Waals surface area contributed by atoms with Crippen LogP contribution in [0.25, 0.3) is 0 Å². The van der Waals surface area contributed by atoms with E-state index in [1.807, 2.05) is 11.6 Å². The highest BCUT2D eigenvalue weighted by Crippen LogP contribution is 2.09. The first kappa shape index (κ1) is 14.4. The van der Waals surface area contributed by atoms with Gasteiger partial charge in [0.05, 0.1) is 0 Å². The van der Waals surface area contributed by atoms with E-state index in [0.29, 0.717) is 18.4 Å². The van der Waals surface area contributed by atoms with Crippen LogP contribution in [-0.4, -0.2) is 42.8 Å². The summed E-state index contributed by atoms with van der Waals surface area (Å²) in [6.45, 7) is 3.49. The molecule has 0 aliphatic rings. The quantitative estimate of drug-likeness (QED) is 0.791. The van der Waals surface area contributed by atoms with E-state index in [2.05, 4.69) is 42.7 Å². The van der Waals surface area contributed by atoms with Crippen molar-refractivity contribution in [3.8, 4) is 0 Å². The maximum absolute atomic E-state index is 5.86. The van der Waals surface area contributed by atoms with Crippen LogP contribution in [0.2, 0.25) is 5.28 Å². The summed E-state index contributed by atoms with van der Waals surface area (Å²) >= 11 is 5.86. The highest BCUT2D eigenvalue weighted by atomic mass is 35.5. The molecule has 2 N–H and O–H groups in total. The fraction of sp³-hybridized carbons (Fsp3) is 0.545. The van der Waals surface area contributed by atoms with Crippen LogP contribution in [0.4, 0.5) is 11.9 Å². The number of nitrogens with one attached hydrogen (secondary N) is 2. The molecule has 0 saturated heterocycles. The zero-order chi connectivity index (χ0) is 14.4. The minimum atomic E-state index is 0.166. The summed E-state index contributed by atoms with van der Waals surface area (Å²) in [6.07, 6.45) is 3.37. The fourth-order valence-electron chi connectivity index (χ4n) is 1.56. The molecule has 0 spiro atoms. The predicted octanol–water partition coefficient (Wildman–Crippen LogP) is 1.13. The minimum absolute atomic E-state index is 0.166. The lowest BCUT2D eigenvalue weighted by molar-refractivity contribution is 0.785. The number of halogens is 1. The molecule has 0 aromatic carbocycles. The first-order valence-corrected chi connectivity index (χ1v) is 6.79. The molecule has 0 aliphatic carbocycles. The van der Waals surface area contributed by atoms with Crippen molar-refractivity contribution in [2.75, 3.05) is 23.7 Å². The molecular formula is C11H17ClN8. The molecule has 2 aromatic rings. The van der Waals surface area contributed by atoms with Gasteiger partial charge in [0.1, 0.15) is 12.2 Å². The van der Waals surface area contributed by atoms with Crippen LogP contribution in [0.15, 0.2) is 6.33 Å². The monoisotopic (exact) mass is 296 g/mol. The average Bonchev–Trinajstić information content (AvgIpc) is 2.82. The molecule has 0 bridgehead atoms. The fourth-order valence-corrected chi connectivity index (χ4v) is 1.72. The van der Waals surface area contributed by atoms with Crippen LogP contribution in [-0.2, 0) is 13.5 Å². The summed E-state index contributed by atoms with van der Waals surface area (Å²) in [7, 11) is 1.90. The number of hydrogen-bond acceptors (Lipinski definition) is 7. The van der Waals surface area contributed by atoms with E-state index in [9.17, 15) is 0 Å². The first-order valence-electron chi connectivity index (χ1n) is 6.41. The normalized spacial score (nSPS) is 10.6. The standard InChI is InChI=1S/C11H17ClN8/c1-3-5-13-10-16-9(12)17-11(18-10)14-6-4-8-19-15-7-20(8)2/h7H,3-6H2,1-2H3,(H2,13,14,16,17,18). The molecule has 2 heterocycles. The van der Waals surface area contributed by atoms with E-state index in [1.165, 1.54) is 0 Å². The second-order valence-corrected chi connectivity index (χ2v) is 4.55. The van der Waals surface area contributed by atoms with Gasteiger partial charge >= 0.3 is 0 Å². The molecule has 9 heteroatoms. The molecule has 0 unspecified atom stereocenters. The van der Waals surface area contributed by atoms with Gasteiger partial charge in [-0.15, -0.1) is 10.2 Å². The van der Waals surface area contributed by atoms with Crippen molar-refractivity contribution in [2.45, 2.75) is 19.8 Å². The summed E-state index contributed by atoms with van der Waals surface area (Å²) in [5, 5.41) is 14.2. The van der Waals surface area contributed by atoms with Gasteiger partial charge in [0.25, 0.3) is 0 Å². The van der Waals surface area contributed by atoms with Gasteiger partial charge in [-0.3, -0.25) is 0 Å². The van der Waals surface area contributed by atoms with E-state index in [0.717, 1.165) is 25.2 Å². The van der Waals surface area contributed by atoms with E-state index in [4.69, 9.17) is 11.6 Å². The molecule has 20 heavy (non-hydrogen) atoms. The third-order valence-electron chi connectivity index (χ3n) is 2.58. The lowest BCUT2D eigenvalue weighted by Gasteiger charge is -2.07. The Morgan fingerprint density at radius 1 is 1.15 bits per heavy atom. The topological polar surface area (TPSA) is 93.4 Å². The molecule has 2 aromatic heterocycles. The van der Waals surface area contributed by atoms with E-state index >= 15 is 0 Å². The zero-order valence-corrected chi connectivity index (χ0v) is 12.2. The average molecular weight is 297 g/mol. The first-order chi connectivity index (χ1) is 9.69. The van der Waals surface area contributed by atoms with Gasteiger partial charge in [0.15, 0.2) is 0 Å². The second kappa shape index (κ2) is 6.99. The van der Waals surface area contributed by atoms with Crippen molar-refractivity contribution in [2.24, 2.45) is 7.05 Å². The van der Waals surface area contributed by atoms with Crippen LogP contribution >= 0.6 is 11.6 Å². The van der Waals surface area contributed by atoms with Gasteiger partial charge in [-0.2, -0.15) is 15.0 Å². The largest absolute Gasteiger partial charge is 0.354 e. The summed E-state index contributed by atoms with van der Waals surface area (Å²) < 4.78 is 1.87. The van der Waals surface area contributed by atoms with Crippen molar-refractivity contribution in [3.63, 3.8) is 0 Å². The van der Waals surface area contributed by atoms with Gasteiger partial charge in [-0.1, -0.05) is 6.92 Å². The van der Waals surface area contributed by atoms with Crippen molar-refractivity contribution in [1.82, 2.24) is 29.7 Å². The second-order valence-electron chi connectivity index (χ2n) is 4.21. The van der Waals surface area contributed by atoms with Crippen LogP contribution in [0.3, 0.4) is 0 Å². The third kappa shape index (κ3) is 4.02. The Morgan fingerprint density at radius 3 is 2.45 bits per heavy atom. The summed E-state index contributed by atoms with van der Waals surface area (Å²) in [5.74, 6) is 1.82. The zero-order valence-electron chi connectivity index (χ0n) is 11.5. The summed E-state index contributed by atoms with van der Waals surface area (Å²) in [6, 6.07) is 0. The Hall–Kier alpha value is -1.96. The van der Waals surface area contributed by atoms with E-state index in [1.54, 1.807) is 6.33 Å². The molecule has 2 rings (SSSR count). The van der Waals surface area contributed by atoms with Gasteiger partial charge in [0, 0.05) is 26.6 Å². The molecule has 8 nitrogen and oxygen atoms in total. The number of aromatic nitrogens is 6. The van der Waals surface area contributed by atoms with Crippen LogP contribution in [0.5, 0.6) is 0 Å². The van der Waals surface area contributed by atoms with Gasteiger partial charge < -0.3 is 15.2 Å². The van der Waals surface area contributed by atoms with Crippen molar-refractivity contribution in [3.05, 3.63) is 17.4 Å². The van der Waals surface area contributed by atoms with Crippen molar-refractivity contribution < 1.29 is 0 Å². The molecule has 0 atom stereocenters. The molecule has 108 valence electrons. The summed E-state index contributed by atoms with van der Waals surface area (Å²) in [5.41, 5.74) is 0. The Kier molecular flexibility index (Phi) is 5.05. The van der Waals surface area contributed by atoms with Gasteiger partial charge in [-0.25, -0.2) is 0 Å². The highest BCUT2D eigenvalue weighted by molar-refractivity contribution is 6.28. The predicted molar refractivity (Wildman–Crippen MR) is 76.8 cm³/mol. The maximum atomic E-state index is 5.86. The SMILES string of the molecule is CCCNc1nc(Cl)nc(NCCc2nncn2C)n1. The Labute approximate surface area is 122 Å². The molecule has 0 radical (unpaired) electrons. The molecular weight excluding hydrogens is 280 g/mol. The molecule has 0 fully saturated rings. The Morgan fingerprint density at radius 2 is 1.85 bits per heavy atom. The number of rotatable bonds is 7. The van der Waals surface area contributed by atoms with Crippen molar-refractivity contribution in [1.29, 1.82) is 0 Å². The lowest BCUT2D eigenvalue weighted by Crippen LogP contribution is -2.13. The van der Waals surface area contributed by atoms with Crippen LogP contribution in [0, 0.1) is 0 Å². The third-order valence-corrected chi connectivity index (χ3v) is 2.75. The lowest BCUT2D eigenvalue weighted by atomic mass is 10.4. The molecule has 0 saturated carbocycles. The van der Waals surface area contributed by atoms with Gasteiger partial charge in [0.2, 0.25) is 17.2 Å². The number of hydrogen-bond donors (Lipinski definition) is 2. The van der Waals surface area contributed by atoms with Crippen molar-refractivity contribution >= 4 is 23.5 Å². The van der Waals surface area contributed by atoms with Crippen LogP contribution in [0.1, 0.15) is 19.2 Å².